The Morgan fingerprint density at radius 2 is 1.90 bits per heavy atom. The Kier molecular flexibility index (Phi) is 6.22. The third-order valence-electron chi connectivity index (χ3n) is 5.25. The summed E-state index contributed by atoms with van der Waals surface area (Å²) in [4.78, 5) is 25.5. The average molecular weight is 462 g/mol. The summed E-state index contributed by atoms with van der Waals surface area (Å²) in [5.74, 6) is 0.146. The van der Waals surface area contributed by atoms with E-state index in [1.807, 2.05) is 0 Å². The van der Waals surface area contributed by atoms with E-state index in [2.05, 4.69) is 10.6 Å². The summed E-state index contributed by atoms with van der Waals surface area (Å²) < 4.78 is 32.8. The van der Waals surface area contributed by atoms with Crippen LogP contribution in [0.4, 0.5) is 11.4 Å². The number of thioether (sulfide) groups is 1. The summed E-state index contributed by atoms with van der Waals surface area (Å²) in [6.45, 7) is 0.990. The van der Waals surface area contributed by atoms with Crippen LogP contribution in [-0.2, 0) is 14.8 Å². The molecule has 2 amide bonds. The van der Waals surface area contributed by atoms with Crippen LogP contribution in [0.1, 0.15) is 29.6 Å². The number of nitrogens with one attached hydrogen (secondary N) is 2. The van der Waals surface area contributed by atoms with E-state index < -0.39 is 15.9 Å². The van der Waals surface area contributed by atoms with Gasteiger partial charge in [0, 0.05) is 23.5 Å². The van der Waals surface area contributed by atoms with Gasteiger partial charge < -0.3 is 15.4 Å². The Hall–Kier alpha value is -2.56. The molecule has 0 bridgehead atoms. The van der Waals surface area contributed by atoms with Gasteiger partial charge in [0.2, 0.25) is 15.9 Å². The molecule has 164 valence electrons. The van der Waals surface area contributed by atoms with Crippen molar-refractivity contribution in [3.8, 4) is 5.75 Å². The third-order valence-corrected chi connectivity index (χ3v) is 8.21. The Bertz CT molecular complexity index is 1130. The number of fused-ring (bicyclic) bond motifs is 1. The maximum atomic E-state index is 13.0. The number of amides is 2. The fourth-order valence-corrected chi connectivity index (χ4v) is 5.95. The van der Waals surface area contributed by atoms with Gasteiger partial charge in [0.25, 0.3) is 5.91 Å². The lowest BCUT2D eigenvalue weighted by Gasteiger charge is -2.26. The minimum absolute atomic E-state index is 0.111. The molecular weight excluding hydrogens is 438 g/mol. The minimum atomic E-state index is -3.65. The number of anilines is 2. The maximum Gasteiger partial charge on any atom is 0.255 e. The molecule has 0 aliphatic carbocycles. The standard InChI is InChI=1S/C21H23N3O5S2/c1-29-18-7-6-15(31(27,28)24-9-3-2-4-10-24)12-16(18)23-21(26)14-5-8-19-17(11-14)22-20(25)13-30-19/h5-8,11-12H,2-4,9-10,13H2,1H3,(H,22,25)(H,23,26). The van der Waals surface area contributed by atoms with E-state index in [1.54, 1.807) is 18.2 Å². The van der Waals surface area contributed by atoms with Crippen molar-refractivity contribution in [2.75, 3.05) is 36.6 Å². The second kappa shape index (κ2) is 8.89. The molecule has 1 fully saturated rings. The number of hydrogen-bond donors (Lipinski definition) is 2. The van der Waals surface area contributed by atoms with Crippen LogP contribution in [0.5, 0.6) is 5.75 Å². The third kappa shape index (κ3) is 4.56. The van der Waals surface area contributed by atoms with Crippen LogP contribution >= 0.6 is 11.8 Å². The Morgan fingerprint density at radius 3 is 2.65 bits per heavy atom. The predicted molar refractivity (Wildman–Crippen MR) is 119 cm³/mol. The first-order valence-corrected chi connectivity index (χ1v) is 12.4. The summed E-state index contributed by atoms with van der Waals surface area (Å²) in [7, 11) is -2.20. The van der Waals surface area contributed by atoms with E-state index in [0.717, 1.165) is 24.2 Å². The van der Waals surface area contributed by atoms with Gasteiger partial charge in [-0.3, -0.25) is 9.59 Å². The molecule has 0 aromatic heterocycles. The molecule has 2 aromatic carbocycles. The highest BCUT2D eigenvalue weighted by Gasteiger charge is 2.27. The maximum absolute atomic E-state index is 13.0. The number of carbonyl (C=O) groups excluding carboxylic acids is 2. The van der Waals surface area contributed by atoms with Crippen molar-refractivity contribution in [1.82, 2.24) is 4.31 Å². The van der Waals surface area contributed by atoms with Crippen molar-refractivity contribution in [1.29, 1.82) is 0 Å². The van der Waals surface area contributed by atoms with E-state index in [1.165, 1.54) is 41.4 Å². The number of rotatable bonds is 5. The van der Waals surface area contributed by atoms with Gasteiger partial charge in [0.05, 0.1) is 29.1 Å². The number of benzene rings is 2. The molecule has 2 N–H and O–H groups in total. The molecule has 0 saturated carbocycles. The fraction of sp³-hybridized carbons (Fsp3) is 0.333. The molecule has 0 atom stereocenters. The van der Waals surface area contributed by atoms with Crippen molar-refractivity contribution in [3.05, 3.63) is 42.0 Å². The summed E-state index contributed by atoms with van der Waals surface area (Å²) in [5, 5.41) is 5.50. The van der Waals surface area contributed by atoms with E-state index in [0.29, 0.717) is 35.8 Å². The monoisotopic (exact) mass is 461 g/mol. The minimum Gasteiger partial charge on any atom is -0.495 e. The number of ether oxygens (including phenoxy) is 1. The quantitative estimate of drug-likeness (QED) is 0.709. The number of sulfonamides is 1. The number of nitrogens with zero attached hydrogens (tertiary/aromatic N) is 1. The van der Waals surface area contributed by atoms with Crippen LogP contribution in [-0.4, -0.2) is 50.5 Å². The molecule has 2 aliphatic heterocycles. The highest BCUT2D eigenvalue weighted by Crippen LogP contribution is 2.33. The first-order chi connectivity index (χ1) is 14.9. The van der Waals surface area contributed by atoms with Crippen LogP contribution < -0.4 is 15.4 Å². The molecule has 10 heteroatoms. The van der Waals surface area contributed by atoms with Crippen molar-refractivity contribution >= 4 is 45.0 Å². The van der Waals surface area contributed by atoms with Crippen molar-refractivity contribution in [3.63, 3.8) is 0 Å². The van der Waals surface area contributed by atoms with Gasteiger partial charge in [-0.25, -0.2) is 8.42 Å². The molecule has 2 aliphatic rings. The number of hydrogen-bond acceptors (Lipinski definition) is 6. The van der Waals surface area contributed by atoms with E-state index in [-0.39, 0.29) is 16.5 Å². The van der Waals surface area contributed by atoms with Crippen LogP contribution in [0.3, 0.4) is 0 Å². The zero-order valence-electron chi connectivity index (χ0n) is 17.0. The first kappa shape index (κ1) is 21.7. The first-order valence-electron chi connectivity index (χ1n) is 9.95. The Labute approximate surface area is 185 Å². The lowest BCUT2D eigenvalue weighted by molar-refractivity contribution is -0.113. The normalized spacial score (nSPS) is 16.9. The van der Waals surface area contributed by atoms with Crippen LogP contribution in [0.2, 0.25) is 0 Å². The molecule has 31 heavy (non-hydrogen) atoms. The highest BCUT2D eigenvalue weighted by molar-refractivity contribution is 8.00. The van der Waals surface area contributed by atoms with Crippen molar-refractivity contribution < 1.29 is 22.7 Å². The zero-order chi connectivity index (χ0) is 22.0. The topological polar surface area (TPSA) is 105 Å². The SMILES string of the molecule is COc1ccc(S(=O)(=O)N2CCCCC2)cc1NC(=O)c1ccc2c(c1)NC(=O)CS2. The second-order valence-electron chi connectivity index (χ2n) is 7.33. The molecule has 8 nitrogen and oxygen atoms in total. The highest BCUT2D eigenvalue weighted by atomic mass is 32.2. The molecular formula is C21H23N3O5S2. The van der Waals surface area contributed by atoms with Gasteiger partial charge in [-0.15, -0.1) is 11.8 Å². The number of piperidine rings is 1. The molecule has 0 spiro atoms. The Balaban J connectivity index is 1.60. The van der Waals surface area contributed by atoms with Crippen LogP contribution in [0, 0.1) is 0 Å². The molecule has 0 radical (unpaired) electrons. The summed E-state index contributed by atoms with van der Waals surface area (Å²) in [6.07, 6.45) is 2.70. The molecule has 0 unspecified atom stereocenters. The predicted octanol–water partition coefficient (Wildman–Crippen LogP) is 3.17. The van der Waals surface area contributed by atoms with Gasteiger partial charge in [-0.05, 0) is 49.2 Å². The van der Waals surface area contributed by atoms with E-state index >= 15 is 0 Å². The van der Waals surface area contributed by atoms with Crippen LogP contribution in [0.15, 0.2) is 46.2 Å². The average Bonchev–Trinajstić information content (AvgIpc) is 2.79. The lowest BCUT2D eigenvalue weighted by atomic mass is 10.1. The molecule has 4 rings (SSSR count). The number of methoxy groups -OCH3 is 1. The smallest absolute Gasteiger partial charge is 0.255 e. The summed E-state index contributed by atoms with van der Waals surface area (Å²) in [5.41, 5.74) is 1.19. The Morgan fingerprint density at radius 1 is 1.13 bits per heavy atom. The molecule has 2 aromatic rings. The van der Waals surface area contributed by atoms with Gasteiger partial charge in [-0.2, -0.15) is 4.31 Å². The van der Waals surface area contributed by atoms with Gasteiger partial charge in [-0.1, -0.05) is 6.42 Å². The van der Waals surface area contributed by atoms with Crippen LogP contribution in [0.25, 0.3) is 0 Å². The second-order valence-corrected chi connectivity index (χ2v) is 10.3. The van der Waals surface area contributed by atoms with E-state index in [9.17, 15) is 18.0 Å². The lowest BCUT2D eigenvalue weighted by Crippen LogP contribution is -2.35. The van der Waals surface area contributed by atoms with Gasteiger partial charge in [0.15, 0.2) is 0 Å². The molecule has 2 heterocycles. The summed E-state index contributed by atoms with van der Waals surface area (Å²) in [6, 6.07) is 9.51. The van der Waals surface area contributed by atoms with Gasteiger partial charge in [0.1, 0.15) is 5.75 Å². The van der Waals surface area contributed by atoms with Crippen molar-refractivity contribution in [2.45, 2.75) is 29.1 Å². The summed E-state index contributed by atoms with van der Waals surface area (Å²) >= 11 is 1.41. The fourth-order valence-electron chi connectivity index (χ4n) is 3.62. The number of carbonyl (C=O) groups is 2. The van der Waals surface area contributed by atoms with Crippen molar-refractivity contribution in [2.24, 2.45) is 0 Å². The van der Waals surface area contributed by atoms with E-state index in [4.69, 9.17) is 4.74 Å². The molecule has 1 saturated heterocycles. The largest absolute Gasteiger partial charge is 0.495 e. The van der Waals surface area contributed by atoms with Gasteiger partial charge >= 0.3 is 0 Å². The zero-order valence-corrected chi connectivity index (χ0v) is 18.6.